The summed E-state index contributed by atoms with van der Waals surface area (Å²) in [6.45, 7) is 69.3. The van der Waals surface area contributed by atoms with Gasteiger partial charge in [-0.2, -0.15) is 0 Å². The number of likely N-dealkylation sites (N-methyl/N-ethyl adjacent to an activating group) is 4. The fraction of sp³-hybridized carbons (Fsp3) is 0.533. The maximum atomic E-state index is 8.83. The zero-order valence-electron chi connectivity index (χ0n) is 92.9. The van der Waals surface area contributed by atoms with Crippen LogP contribution in [0.1, 0.15) is 218 Å². The molecule has 0 aliphatic carbocycles. The third-order valence-corrected chi connectivity index (χ3v) is 34.2. The number of ether oxygens (including phenoxy) is 8. The van der Waals surface area contributed by atoms with Crippen molar-refractivity contribution in [2.45, 2.75) is 250 Å². The molecule has 149 heavy (non-hydrogen) atoms. The highest BCUT2D eigenvalue weighted by molar-refractivity contribution is 8.00. The van der Waals surface area contributed by atoms with Crippen molar-refractivity contribution in [3.05, 3.63) is 97.1 Å². The molecular weight excluding hydrogens is 1940 g/mol. The van der Waals surface area contributed by atoms with E-state index in [1.54, 1.807) is 46.2 Å². The first-order valence-corrected chi connectivity index (χ1v) is 59.1. The molecule has 4 aliphatic heterocycles. The molecule has 6 bridgehead atoms. The molecule has 14 aromatic rings. The Bertz CT molecular complexity index is 6880. The first-order chi connectivity index (χ1) is 72.2. The maximum Gasteiger partial charge on any atom is 0.187 e. The van der Waals surface area contributed by atoms with Gasteiger partial charge in [0.25, 0.3) is 0 Å². The minimum absolute atomic E-state index is 0.232. The molecular formula is C120H160N16O9S4. The molecule has 29 heteroatoms. The molecule has 0 unspecified atom stereocenters. The monoisotopic (exact) mass is 2100 g/mol. The standard InChI is InChI=1S/C120H160N16O9S4/c1-25-127(26-2)57-61-131-81-41-33-37-45-85(81)146-109-97(131)101(137-65-49-73(9)10)89-91(105(109)141-69-53-77(17)18)115-121-113(89)123-119-95-93(103(139-67-51-75(13)14)99-111(107(95)143-71-55-79(21)22)148-87-47-39-35-43-83(87)133(99)63-59-129(29-5)30-6)118-126-116-92-90(102(138-66-50-74(11)12)98-110(106(92)142-70-54-78(19)20)147-86-46-38-34-42-82(86)132(98)62-58-128(27-3)28-4)114(122-116)124-120-96-94(117(125-115)136(120)145-135(118)119)104(140-68-52-76(15)16)100-112(108(96)144-72-56-80(23)24)149-88-48-40-36-44-84(88)134(100)64-60-130(31-7)32-8/h33-48,73-80H,25-32,49-72H2,1-24H3. The number of rotatable bonds is 52. The van der Waals surface area contributed by atoms with Gasteiger partial charge in [0, 0.05) is 62.1 Å². The highest BCUT2D eigenvalue weighted by Gasteiger charge is 2.45. The second-order valence-electron chi connectivity index (χ2n) is 43.5. The van der Waals surface area contributed by atoms with Crippen molar-refractivity contribution < 1.29 is 42.5 Å². The molecule has 8 aromatic carbocycles. The van der Waals surface area contributed by atoms with Crippen LogP contribution in [0.25, 0.3) is 131 Å². The number of para-hydroxylation sites is 4. The molecule has 0 spiro atoms. The summed E-state index contributed by atoms with van der Waals surface area (Å²) in [5, 5.41) is 2.30. The number of fused-ring (bicyclic) bond motifs is 24. The molecule has 0 saturated heterocycles. The second-order valence-corrected chi connectivity index (χ2v) is 47.7. The van der Waals surface area contributed by atoms with Crippen molar-refractivity contribution in [3.63, 3.8) is 0 Å². The molecule has 0 fully saturated rings. The Morgan fingerprint density at radius 3 is 0.846 bits per heavy atom. The second kappa shape index (κ2) is 48.2. The van der Waals surface area contributed by atoms with Gasteiger partial charge in [0.15, 0.2) is 80.4 Å². The van der Waals surface area contributed by atoms with Crippen molar-refractivity contribution in [2.24, 2.45) is 47.3 Å². The van der Waals surface area contributed by atoms with Crippen molar-refractivity contribution in [1.29, 1.82) is 0 Å². The van der Waals surface area contributed by atoms with Crippen molar-refractivity contribution in [1.82, 2.24) is 67.8 Å². The molecule has 0 N–H and O–H groups in total. The van der Waals surface area contributed by atoms with E-state index in [0.717, 1.165) is 187 Å². The Kier molecular flexibility index (Phi) is 35.0. The summed E-state index contributed by atoms with van der Waals surface area (Å²) < 4.78 is 85.7. The largest absolute Gasteiger partial charge is 0.492 e. The van der Waals surface area contributed by atoms with Crippen LogP contribution < -0.4 is 47.7 Å². The number of anilines is 4. The van der Waals surface area contributed by atoms with Crippen LogP contribution in [-0.4, -0.2) is 212 Å². The Balaban J connectivity index is 1.19. The van der Waals surface area contributed by atoms with E-state index in [2.05, 4.69) is 302 Å². The SMILES string of the molecule is CCN(CC)CCN1c2ccccc2Sc2c(OCCC(C)C)c3c(c(OCCC(C)C)c21)-c1nc-3nc2c3c(OCCC(C)C)c4c(sc5ccccc5n4CCN(CC)CC)c(OCCC(C)C)c3c3nc4nc(nc5c6c(OCCC(C)C)c7c(sc8ccccc8n7CCN(CC)CC)c(OCCC(C)C)c6c(n1)n5on32)-c1c(OCCC(C)C)c2c(c(OCCC(C)C)c1-4)N(CCN(CC)CC)c1ccccc1S2. The van der Waals surface area contributed by atoms with Crippen molar-refractivity contribution in [3.8, 4) is 91.5 Å². The van der Waals surface area contributed by atoms with E-state index in [1.807, 2.05) is 9.15 Å². The summed E-state index contributed by atoms with van der Waals surface area (Å²) in [5.74, 6) is 8.00. The average molecular weight is 2100 g/mol. The quantitative estimate of drug-likeness (QED) is 0.0325. The molecule has 4 aliphatic rings. The molecule has 0 radical (unpaired) electrons. The third kappa shape index (κ3) is 22.2. The van der Waals surface area contributed by atoms with Crippen LogP contribution in [0.5, 0.6) is 46.0 Å². The van der Waals surface area contributed by atoms with Crippen LogP contribution in [0.4, 0.5) is 22.7 Å². The highest BCUT2D eigenvalue weighted by Crippen LogP contribution is 2.66. The van der Waals surface area contributed by atoms with Crippen molar-refractivity contribution in [2.75, 3.05) is 154 Å². The van der Waals surface area contributed by atoms with Gasteiger partial charge in [0.2, 0.25) is 0 Å². The molecule has 0 atom stereocenters. The summed E-state index contributed by atoms with van der Waals surface area (Å²) in [6.07, 6.45) is 5.81. The molecule has 10 heterocycles. The minimum Gasteiger partial charge on any atom is -0.492 e. The Labute approximate surface area is 898 Å². The van der Waals surface area contributed by atoms with Crippen LogP contribution in [0.3, 0.4) is 0 Å². The predicted octanol–water partition coefficient (Wildman–Crippen LogP) is 30.0. The van der Waals surface area contributed by atoms with Gasteiger partial charge in [-0.05, 0) is 200 Å². The van der Waals surface area contributed by atoms with E-state index >= 15 is 0 Å². The zero-order chi connectivity index (χ0) is 105. The molecule has 0 amide bonds. The van der Waals surface area contributed by atoms with Crippen LogP contribution in [0.2, 0.25) is 0 Å². The minimum atomic E-state index is 0.232. The lowest BCUT2D eigenvalue weighted by molar-refractivity contribution is 0.241. The maximum absolute atomic E-state index is 8.83. The van der Waals surface area contributed by atoms with Crippen LogP contribution in [0.15, 0.2) is 121 Å². The molecule has 6 aromatic heterocycles. The van der Waals surface area contributed by atoms with Crippen molar-refractivity contribution >= 4 is 154 Å². The van der Waals surface area contributed by atoms with Gasteiger partial charge in [0.05, 0.1) is 148 Å². The van der Waals surface area contributed by atoms with Gasteiger partial charge in [-0.25, -0.2) is 29.9 Å². The Hall–Kier alpha value is -10.5. The molecule has 18 rings (SSSR count). The summed E-state index contributed by atoms with van der Waals surface area (Å²) >= 11 is 6.84. The predicted molar refractivity (Wildman–Crippen MR) is 620 cm³/mol. The fourth-order valence-electron chi connectivity index (χ4n) is 20.5. The number of hydrogen-bond acceptors (Lipinski definition) is 25. The van der Waals surface area contributed by atoms with Gasteiger partial charge in [-0.1, -0.05) is 238 Å². The lowest BCUT2D eigenvalue weighted by Gasteiger charge is -2.37. The highest BCUT2D eigenvalue weighted by atomic mass is 32.2. The molecule has 0 saturated carbocycles. The van der Waals surface area contributed by atoms with E-state index in [9.17, 15) is 0 Å². The lowest BCUT2D eigenvalue weighted by atomic mass is 10.0. The summed E-state index contributed by atoms with van der Waals surface area (Å²) in [7, 11) is 0. The molecule has 798 valence electrons. The summed E-state index contributed by atoms with van der Waals surface area (Å²) in [6, 6.07) is 35.3. The van der Waals surface area contributed by atoms with E-state index < -0.39 is 0 Å². The number of nitrogens with zero attached hydrogens (tertiary/aromatic N) is 16. The number of benzene rings is 8. The first-order valence-electron chi connectivity index (χ1n) is 55.8. The van der Waals surface area contributed by atoms with E-state index in [-0.39, 0.29) is 47.3 Å². The number of hydrogen-bond donors (Lipinski definition) is 0. The third-order valence-electron chi connectivity index (χ3n) is 29.6. The van der Waals surface area contributed by atoms with E-state index in [4.69, 9.17) is 72.4 Å². The fourth-order valence-corrected chi connectivity index (χ4v) is 25.3. The lowest BCUT2D eigenvalue weighted by Crippen LogP contribution is -2.34. The summed E-state index contributed by atoms with van der Waals surface area (Å²) in [5.41, 5.74) is 11.3. The van der Waals surface area contributed by atoms with Gasteiger partial charge in [0.1, 0.15) is 33.9 Å². The number of aromatic nitrogens is 10. The first kappa shape index (κ1) is 108. The van der Waals surface area contributed by atoms with Crippen LogP contribution >= 0.6 is 46.2 Å². The average Bonchev–Trinajstić information content (AvgIpc) is 1.53. The van der Waals surface area contributed by atoms with Crippen LogP contribution in [-0.2, 0) is 13.1 Å². The Morgan fingerprint density at radius 2 is 0.544 bits per heavy atom. The zero-order valence-corrected chi connectivity index (χ0v) is 96.2. The van der Waals surface area contributed by atoms with Gasteiger partial charge >= 0.3 is 0 Å². The van der Waals surface area contributed by atoms with Gasteiger partial charge in [-0.15, -0.1) is 31.8 Å². The smallest absolute Gasteiger partial charge is 0.187 e. The molecule has 25 nitrogen and oxygen atoms in total. The van der Waals surface area contributed by atoms with Crippen LogP contribution in [0, 0.1) is 47.3 Å². The normalized spacial score (nSPS) is 13.1. The Morgan fingerprint density at radius 1 is 0.289 bits per heavy atom. The topological polar surface area (TPSA) is 202 Å². The van der Waals surface area contributed by atoms with E-state index in [0.29, 0.717) is 240 Å². The summed E-state index contributed by atoms with van der Waals surface area (Å²) in [4.78, 5) is 57.6. The van der Waals surface area contributed by atoms with Gasteiger partial charge < -0.3 is 76.4 Å². The van der Waals surface area contributed by atoms with Gasteiger partial charge in [-0.3, -0.25) is 4.63 Å². The van der Waals surface area contributed by atoms with E-state index in [1.165, 1.54) is 0 Å².